The van der Waals surface area contributed by atoms with E-state index in [-0.39, 0.29) is 23.8 Å². The summed E-state index contributed by atoms with van der Waals surface area (Å²) in [5, 5.41) is 2.98. The highest BCUT2D eigenvalue weighted by molar-refractivity contribution is 5.93. The quantitative estimate of drug-likeness (QED) is 0.892. The molecule has 6 heteroatoms. The Morgan fingerprint density at radius 1 is 1.42 bits per heavy atom. The van der Waals surface area contributed by atoms with Gasteiger partial charge in [-0.2, -0.15) is 0 Å². The highest BCUT2D eigenvalue weighted by atomic mass is 16.5. The van der Waals surface area contributed by atoms with Gasteiger partial charge in [0.25, 0.3) is 5.91 Å². The van der Waals surface area contributed by atoms with Gasteiger partial charge in [-0.25, -0.2) is 0 Å². The zero-order chi connectivity index (χ0) is 16.7. The average Bonchev–Trinajstić information content (AvgIpc) is 3.02. The molecule has 3 aliphatic rings. The number of carbonyl (C=O) groups excluding carboxylic acids is 2. The van der Waals surface area contributed by atoms with Crippen molar-refractivity contribution in [3.63, 3.8) is 0 Å². The van der Waals surface area contributed by atoms with E-state index in [1.165, 1.54) is 0 Å². The van der Waals surface area contributed by atoms with Crippen molar-refractivity contribution < 1.29 is 14.3 Å². The molecule has 2 aliphatic heterocycles. The van der Waals surface area contributed by atoms with E-state index in [1.807, 2.05) is 4.90 Å². The Bertz CT molecular complexity index is 636. The summed E-state index contributed by atoms with van der Waals surface area (Å²) >= 11 is 0. The fourth-order valence-electron chi connectivity index (χ4n) is 3.91. The van der Waals surface area contributed by atoms with Crippen LogP contribution in [0.15, 0.2) is 24.5 Å². The first kappa shape index (κ1) is 15.6. The van der Waals surface area contributed by atoms with E-state index >= 15 is 0 Å². The summed E-state index contributed by atoms with van der Waals surface area (Å²) in [6.45, 7) is 4.84. The molecule has 2 saturated heterocycles. The van der Waals surface area contributed by atoms with Gasteiger partial charge in [0.05, 0.1) is 18.3 Å². The van der Waals surface area contributed by atoms with E-state index in [4.69, 9.17) is 4.74 Å². The van der Waals surface area contributed by atoms with Gasteiger partial charge < -0.3 is 15.0 Å². The summed E-state index contributed by atoms with van der Waals surface area (Å²) in [5.74, 6) is 1.55. The summed E-state index contributed by atoms with van der Waals surface area (Å²) in [6.07, 6.45) is 4.37. The topological polar surface area (TPSA) is 71.5 Å². The third-order valence-electron chi connectivity index (χ3n) is 5.63. The standard InChI is InChI=1S/C18H23N3O3/c1-11-5-14(11)18(23)21-8-15-13(10-24-16(15)9-21)7-20-17(22)12-3-2-4-19-6-12/h2-4,6,11,13-16H,5,7-10H2,1H3,(H,20,22)/t11?,13-,14?,15+,16+/m0/s1. The Labute approximate surface area is 141 Å². The van der Waals surface area contributed by atoms with E-state index < -0.39 is 0 Å². The monoisotopic (exact) mass is 329 g/mol. The van der Waals surface area contributed by atoms with Crippen LogP contribution in [0.1, 0.15) is 23.7 Å². The van der Waals surface area contributed by atoms with Crippen molar-refractivity contribution in [3.05, 3.63) is 30.1 Å². The molecule has 2 amide bonds. The number of amides is 2. The van der Waals surface area contributed by atoms with Crippen molar-refractivity contribution >= 4 is 11.8 Å². The molecule has 2 unspecified atom stereocenters. The zero-order valence-electron chi connectivity index (χ0n) is 13.9. The number of nitrogens with zero attached hydrogens (tertiary/aromatic N) is 2. The maximum absolute atomic E-state index is 12.4. The number of carbonyl (C=O) groups is 2. The summed E-state index contributed by atoms with van der Waals surface area (Å²) < 4.78 is 5.88. The highest BCUT2D eigenvalue weighted by Gasteiger charge is 2.49. The molecule has 5 atom stereocenters. The number of pyridine rings is 1. The number of likely N-dealkylation sites (tertiary alicyclic amines) is 1. The minimum Gasteiger partial charge on any atom is -0.376 e. The van der Waals surface area contributed by atoms with Crippen LogP contribution in [0.3, 0.4) is 0 Å². The largest absolute Gasteiger partial charge is 0.376 e. The lowest BCUT2D eigenvalue weighted by Gasteiger charge is -2.20. The second-order valence-electron chi connectivity index (χ2n) is 7.31. The lowest BCUT2D eigenvalue weighted by atomic mass is 9.93. The van der Waals surface area contributed by atoms with Crippen LogP contribution >= 0.6 is 0 Å². The van der Waals surface area contributed by atoms with Crippen molar-refractivity contribution in [2.75, 3.05) is 26.2 Å². The van der Waals surface area contributed by atoms with Crippen LogP contribution in [0.4, 0.5) is 0 Å². The van der Waals surface area contributed by atoms with Gasteiger partial charge >= 0.3 is 0 Å². The predicted molar refractivity (Wildman–Crippen MR) is 87.1 cm³/mol. The van der Waals surface area contributed by atoms with Crippen molar-refractivity contribution in [2.45, 2.75) is 19.4 Å². The molecule has 24 heavy (non-hydrogen) atoms. The van der Waals surface area contributed by atoms with Crippen LogP contribution in [0, 0.1) is 23.7 Å². The summed E-state index contributed by atoms with van der Waals surface area (Å²) in [7, 11) is 0. The molecule has 0 aromatic carbocycles. The smallest absolute Gasteiger partial charge is 0.252 e. The predicted octanol–water partition coefficient (Wildman–Crippen LogP) is 0.941. The number of hydrogen-bond donors (Lipinski definition) is 1. The van der Waals surface area contributed by atoms with Crippen LogP contribution < -0.4 is 5.32 Å². The maximum atomic E-state index is 12.4. The van der Waals surface area contributed by atoms with E-state index in [1.54, 1.807) is 24.5 Å². The fraction of sp³-hybridized carbons (Fsp3) is 0.611. The molecule has 3 heterocycles. The van der Waals surface area contributed by atoms with Gasteiger partial charge in [-0.3, -0.25) is 14.6 Å². The number of hydrogen-bond acceptors (Lipinski definition) is 4. The van der Waals surface area contributed by atoms with Crippen molar-refractivity contribution in [2.24, 2.45) is 23.7 Å². The molecule has 0 radical (unpaired) electrons. The second-order valence-corrected chi connectivity index (χ2v) is 7.31. The lowest BCUT2D eigenvalue weighted by Crippen LogP contribution is -2.36. The van der Waals surface area contributed by atoms with Crippen LogP contribution in [0.25, 0.3) is 0 Å². The molecule has 1 saturated carbocycles. The number of fused-ring (bicyclic) bond motifs is 1. The molecular weight excluding hydrogens is 306 g/mol. The molecule has 6 nitrogen and oxygen atoms in total. The third-order valence-corrected chi connectivity index (χ3v) is 5.63. The van der Waals surface area contributed by atoms with E-state index in [0.29, 0.717) is 43.0 Å². The first-order valence-corrected chi connectivity index (χ1v) is 8.72. The van der Waals surface area contributed by atoms with Gasteiger partial charge in [-0.1, -0.05) is 6.92 Å². The summed E-state index contributed by atoms with van der Waals surface area (Å²) in [5.41, 5.74) is 0.568. The summed E-state index contributed by atoms with van der Waals surface area (Å²) in [6, 6.07) is 3.51. The molecule has 3 fully saturated rings. The van der Waals surface area contributed by atoms with Crippen LogP contribution in [-0.4, -0.2) is 54.0 Å². The SMILES string of the molecule is CC1CC1C(=O)N1C[C@@H]2[C@@H](CNC(=O)c3cccnc3)CO[C@@H]2C1. The normalized spacial score (nSPS) is 34.0. The number of aromatic nitrogens is 1. The molecule has 128 valence electrons. The summed E-state index contributed by atoms with van der Waals surface area (Å²) in [4.78, 5) is 30.5. The molecule has 1 N–H and O–H groups in total. The van der Waals surface area contributed by atoms with Gasteiger partial charge in [0.1, 0.15) is 0 Å². The molecule has 1 aromatic heterocycles. The average molecular weight is 329 g/mol. The minimum absolute atomic E-state index is 0.107. The lowest BCUT2D eigenvalue weighted by molar-refractivity contribution is -0.132. The Hall–Kier alpha value is -1.95. The number of ether oxygens (including phenoxy) is 1. The van der Waals surface area contributed by atoms with Gasteiger partial charge in [0, 0.05) is 49.8 Å². The Morgan fingerprint density at radius 2 is 2.25 bits per heavy atom. The first-order chi connectivity index (χ1) is 11.6. The minimum atomic E-state index is -0.107. The van der Waals surface area contributed by atoms with Gasteiger partial charge in [-0.15, -0.1) is 0 Å². The van der Waals surface area contributed by atoms with Gasteiger partial charge in [0.2, 0.25) is 5.91 Å². The Kier molecular flexibility index (Phi) is 4.00. The van der Waals surface area contributed by atoms with Crippen LogP contribution in [0.5, 0.6) is 0 Å². The zero-order valence-corrected chi connectivity index (χ0v) is 13.9. The van der Waals surface area contributed by atoms with Crippen molar-refractivity contribution in [3.8, 4) is 0 Å². The molecule has 1 aliphatic carbocycles. The Balaban J connectivity index is 1.31. The fourth-order valence-corrected chi connectivity index (χ4v) is 3.91. The van der Waals surface area contributed by atoms with Crippen LogP contribution in [-0.2, 0) is 9.53 Å². The van der Waals surface area contributed by atoms with E-state index in [9.17, 15) is 9.59 Å². The van der Waals surface area contributed by atoms with Gasteiger partial charge in [0.15, 0.2) is 0 Å². The third kappa shape index (κ3) is 2.90. The highest BCUT2D eigenvalue weighted by Crippen LogP contribution is 2.41. The second kappa shape index (κ2) is 6.16. The van der Waals surface area contributed by atoms with E-state index in [0.717, 1.165) is 13.0 Å². The first-order valence-electron chi connectivity index (χ1n) is 8.72. The molecule has 0 spiro atoms. The molecule has 1 aromatic rings. The van der Waals surface area contributed by atoms with Crippen molar-refractivity contribution in [1.82, 2.24) is 15.2 Å². The molecule has 4 rings (SSSR count). The van der Waals surface area contributed by atoms with Crippen LogP contribution in [0.2, 0.25) is 0 Å². The Morgan fingerprint density at radius 3 is 2.96 bits per heavy atom. The van der Waals surface area contributed by atoms with Crippen molar-refractivity contribution in [1.29, 1.82) is 0 Å². The maximum Gasteiger partial charge on any atom is 0.252 e. The van der Waals surface area contributed by atoms with Gasteiger partial charge in [-0.05, 0) is 24.5 Å². The molecular formula is C18H23N3O3. The number of nitrogens with one attached hydrogen (secondary N) is 1. The number of rotatable bonds is 4. The van der Waals surface area contributed by atoms with E-state index in [2.05, 4.69) is 17.2 Å². The molecule has 0 bridgehead atoms.